The fourth-order valence-corrected chi connectivity index (χ4v) is 1.52. The van der Waals surface area contributed by atoms with Crippen LogP contribution in [0.15, 0.2) is 18.3 Å². The number of nitrogens with zero attached hydrogens (tertiary/aromatic N) is 1. The summed E-state index contributed by atoms with van der Waals surface area (Å²) >= 11 is 0. The van der Waals surface area contributed by atoms with Crippen LogP contribution in [-0.2, 0) is 11.3 Å². The number of ether oxygens (including phenoxy) is 1. The summed E-state index contributed by atoms with van der Waals surface area (Å²) in [6.45, 7) is 4.91. The summed E-state index contributed by atoms with van der Waals surface area (Å²) in [6.07, 6.45) is 0.459. The third-order valence-corrected chi connectivity index (χ3v) is 2.34. The molecule has 0 heterocycles. The lowest BCUT2D eigenvalue weighted by Gasteiger charge is -2.19. The van der Waals surface area contributed by atoms with Gasteiger partial charge in [0.15, 0.2) is 0 Å². The number of hydrogen-bond acceptors (Lipinski definition) is 4. The van der Waals surface area contributed by atoms with Gasteiger partial charge in [0.1, 0.15) is 17.2 Å². The second kappa shape index (κ2) is 6.97. The molecule has 0 radical (unpaired) electrons. The fourth-order valence-electron chi connectivity index (χ4n) is 1.52. The summed E-state index contributed by atoms with van der Waals surface area (Å²) in [6, 6.07) is 1.97. The number of carbonyl (C=O) groups excluding carboxylic acids is 1. The lowest BCUT2D eigenvalue weighted by Crippen LogP contribution is -2.32. The zero-order valence-electron chi connectivity index (χ0n) is 12.4. The van der Waals surface area contributed by atoms with Crippen molar-refractivity contribution >= 4 is 12.2 Å². The van der Waals surface area contributed by atoms with E-state index in [9.17, 15) is 23.7 Å². The van der Waals surface area contributed by atoms with E-state index in [0.29, 0.717) is 6.20 Å². The Bertz CT molecular complexity index is 586. The maximum Gasteiger partial charge on any atom is 0.407 e. The van der Waals surface area contributed by atoms with Crippen LogP contribution in [0.5, 0.6) is 0 Å². The van der Waals surface area contributed by atoms with Crippen molar-refractivity contribution in [2.45, 2.75) is 32.9 Å². The number of carbonyl (C=O) groups is 1. The fraction of sp³-hybridized carbons (Fsp3) is 0.357. The van der Waals surface area contributed by atoms with E-state index in [1.54, 1.807) is 20.8 Å². The van der Waals surface area contributed by atoms with Crippen LogP contribution in [0.1, 0.15) is 31.9 Å². The summed E-state index contributed by atoms with van der Waals surface area (Å²) in [7, 11) is 0. The van der Waals surface area contributed by atoms with Crippen molar-refractivity contribution in [1.82, 2.24) is 5.32 Å². The minimum atomic E-state index is -0.959. The first kappa shape index (κ1) is 17.5. The van der Waals surface area contributed by atoms with Crippen LogP contribution in [0.3, 0.4) is 0 Å². The summed E-state index contributed by atoms with van der Waals surface area (Å²) in [5, 5.41) is 12.5. The molecule has 1 amide bonds. The van der Waals surface area contributed by atoms with Gasteiger partial charge in [-0.2, -0.15) is 0 Å². The predicted octanol–water partition coefficient (Wildman–Crippen LogP) is 3.24. The van der Waals surface area contributed by atoms with Gasteiger partial charge in [0.05, 0.1) is 10.5 Å². The van der Waals surface area contributed by atoms with Crippen LogP contribution in [0.25, 0.3) is 6.08 Å². The summed E-state index contributed by atoms with van der Waals surface area (Å²) in [5.74, 6) is -1.92. The van der Waals surface area contributed by atoms with Gasteiger partial charge in [-0.25, -0.2) is 13.6 Å². The molecule has 1 aromatic carbocycles. The lowest BCUT2D eigenvalue weighted by molar-refractivity contribution is -0.401. The maximum atomic E-state index is 13.7. The average molecular weight is 314 g/mol. The number of amides is 1. The maximum absolute atomic E-state index is 13.7. The van der Waals surface area contributed by atoms with Gasteiger partial charge in [-0.15, -0.1) is 0 Å². The highest BCUT2D eigenvalue weighted by Crippen LogP contribution is 2.17. The molecule has 0 saturated carbocycles. The molecule has 0 aliphatic carbocycles. The minimum Gasteiger partial charge on any atom is -0.444 e. The summed E-state index contributed by atoms with van der Waals surface area (Å²) in [4.78, 5) is 20.8. The molecule has 0 aliphatic heterocycles. The Labute approximate surface area is 125 Å². The van der Waals surface area contributed by atoms with Crippen LogP contribution in [-0.4, -0.2) is 16.6 Å². The van der Waals surface area contributed by atoms with Crippen molar-refractivity contribution in [2.75, 3.05) is 0 Å². The molecule has 0 saturated heterocycles. The number of hydrogen-bond donors (Lipinski definition) is 1. The molecule has 6 nitrogen and oxygen atoms in total. The van der Waals surface area contributed by atoms with E-state index >= 15 is 0 Å². The number of halogens is 2. The third kappa shape index (κ3) is 5.86. The average Bonchev–Trinajstić information content (AvgIpc) is 2.33. The summed E-state index contributed by atoms with van der Waals surface area (Å²) in [5.41, 5.74) is -1.03. The molecule has 0 fully saturated rings. The Hall–Kier alpha value is -2.51. The molecule has 120 valence electrons. The molecular formula is C14H16F2N2O4. The van der Waals surface area contributed by atoms with Crippen LogP contribution in [0, 0.1) is 21.7 Å². The highest BCUT2D eigenvalue weighted by Gasteiger charge is 2.16. The molecule has 8 heteroatoms. The zero-order valence-corrected chi connectivity index (χ0v) is 12.4. The number of nitro groups is 1. The normalized spacial score (nSPS) is 11.5. The van der Waals surface area contributed by atoms with Crippen LogP contribution >= 0.6 is 0 Å². The SMILES string of the molecule is CC(C)(C)OC(=O)NCc1cc(F)c(/C=C/[N+](=O)[O-])c(F)c1. The van der Waals surface area contributed by atoms with E-state index in [-0.39, 0.29) is 12.1 Å². The molecular weight excluding hydrogens is 298 g/mol. The Kier molecular flexibility index (Phi) is 5.56. The minimum absolute atomic E-state index is 0.137. The lowest BCUT2D eigenvalue weighted by atomic mass is 10.1. The number of rotatable bonds is 4. The Balaban J connectivity index is 2.78. The molecule has 0 spiro atoms. The first-order valence-electron chi connectivity index (χ1n) is 6.35. The number of benzene rings is 1. The van der Waals surface area contributed by atoms with Crippen molar-refractivity contribution in [3.63, 3.8) is 0 Å². The molecule has 22 heavy (non-hydrogen) atoms. The van der Waals surface area contributed by atoms with Gasteiger partial charge in [0, 0.05) is 12.6 Å². The van der Waals surface area contributed by atoms with Crippen molar-refractivity contribution in [2.24, 2.45) is 0 Å². The largest absolute Gasteiger partial charge is 0.444 e. The Morgan fingerprint density at radius 2 is 1.91 bits per heavy atom. The van der Waals surface area contributed by atoms with Crippen molar-refractivity contribution < 1.29 is 23.2 Å². The van der Waals surface area contributed by atoms with Gasteiger partial charge >= 0.3 is 6.09 Å². The molecule has 0 unspecified atom stereocenters. The quantitative estimate of drug-likeness (QED) is 0.683. The molecule has 1 aromatic rings. The van der Waals surface area contributed by atoms with Gasteiger partial charge < -0.3 is 10.1 Å². The van der Waals surface area contributed by atoms with Crippen molar-refractivity contribution in [1.29, 1.82) is 0 Å². The monoisotopic (exact) mass is 314 g/mol. The van der Waals surface area contributed by atoms with E-state index in [4.69, 9.17) is 4.74 Å². The van der Waals surface area contributed by atoms with Crippen molar-refractivity contribution in [3.8, 4) is 0 Å². The highest BCUT2D eigenvalue weighted by atomic mass is 19.1. The zero-order chi connectivity index (χ0) is 16.9. The van der Waals surface area contributed by atoms with E-state index in [2.05, 4.69) is 5.32 Å². The van der Waals surface area contributed by atoms with Gasteiger partial charge in [-0.1, -0.05) is 0 Å². The van der Waals surface area contributed by atoms with Gasteiger partial charge in [0.25, 0.3) is 0 Å². The second-order valence-corrected chi connectivity index (χ2v) is 5.43. The van der Waals surface area contributed by atoms with E-state index in [1.807, 2.05) is 0 Å². The highest BCUT2D eigenvalue weighted by molar-refractivity contribution is 5.67. The van der Waals surface area contributed by atoms with Gasteiger partial charge in [-0.05, 0) is 38.5 Å². The van der Waals surface area contributed by atoms with E-state index in [0.717, 1.165) is 18.2 Å². The Morgan fingerprint density at radius 3 is 2.36 bits per heavy atom. The molecule has 0 bridgehead atoms. The molecule has 0 aromatic heterocycles. The third-order valence-electron chi connectivity index (χ3n) is 2.34. The van der Waals surface area contributed by atoms with Gasteiger partial charge in [-0.3, -0.25) is 10.1 Å². The second-order valence-electron chi connectivity index (χ2n) is 5.43. The predicted molar refractivity (Wildman–Crippen MR) is 75.5 cm³/mol. The van der Waals surface area contributed by atoms with Crippen LogP contribution in [0.2, 0.25) is 0 Å². The molecule has 1 N–H and O–H groups in total. The molecule has 1 rings (SSSR count). The van der Waals surface area contributed by atoms with E-state index < -0.39 is 33.8 Å². The first-order chi connectivity index (χ1) is 10.1. The summed E-state index contributed by atoms with van der Waals surface area (Å²) < 4.78 is 32.4. The molecule has 0 atom stereocenters. The standard InChI is InChI=1S/C14H16F2N2O4/c1-14(2,3)22-13(19)17-8-9-6-11(15)10(12(16)7-9)4-5-18(20)21/h4-7H,8H2,1-3H3,(H,17,19)/b5-4+. The molecule has 0 aliphatic rings. The topological polar surface area (TPSA) is 81.5 Å². The number of nitrogens with one attached hydrogen (secondary N) is 1. The van der Waals surface area contributed by atoms with Gasteiger partial charge in [0.2, 0.25) is 6.20 Å². The van der Waals surface area contributed by atoms with E-state index in [1.165, 1.54) is 0 Å². The van der Waals surface area contributed by atoms with Crippen LogP contribution < -0.4 is 5.32 Å². The Morgan fingerprint density at radius 1 is 1.36 bits per heavy atom. The van der Waals surface area contributed by atoms with Crippen molar-refractivity contribution in [3.05, 3.63) is 51.2 Å². The first-order valence-corrected chi connectivity index (χ1v) is 6.35. The van der Waals surface area contributed by atoms with Crippen LogP contribution in [0.4, 0.5) is 13.6 Å². The smallest absolute Gasteiger partial charge is 0.407 e. The number of alkyl carbamates (subject to hydrolysis) is 1.